The van der Waals surface area contributed by atoms with Crippen molar-refractivity contribution >= 4 is 16.8 Å². The van der Waals surface area contributed by atoms with Gasteiger partial charge in [-0.1, -0.05) is 5.16 Å². The second kappa shape index (κ2) is 2.14. The summed E-state index contributed by atoms with van der Waals surface area (Å²) in [5, 5.41) is 5.95. The third-order valence-corrected chi connectivity index (χ3v) is 1.02. The van der Waals surface area contributed by atoms with Gasteiger partial charge < -0.3 is 0 Å². The predicted molar refractivity (Wildman–Crippen MR) is 29.2 cm³/mol. The van der Waals surface area contributed by atoms with E-state index >= 15 is 0 Å². The number of hydrogen-bond donors (Lipinski definition) is 0. The molecule has 1 aromatic heterocycles. The minimum atomic E-state index is -0.645. The summed E-state index contributed by atoms with van der Waals surface area (Å²) in [7, 11) is 0. The lowest BCUT2D eigenvalue weighted by Gasteiger charge is -1.78. The SMILES string of the molecule is Cc1nonc1C(=O)Cl. The minimum absolute atomic E-state index is 0.0802. The Balaban J connectivity index is 3.08. The van der Waals surface area contributed by atoms with Crippen LogP contribution in [0.15, 0.2) is 4.63 Å². The van der Waals surface area contributed by atoms with E-state index in [0.717, 1.165) is 0 Å². The Morgan fingerprint density at radius 2 is 2.33 bits per heavy atom. The summed E-state index contributed by atoms with van der Waals surface area (Å²) >= 11 is 5.05. The quantitative estimate of drug-likeness (QED) is 0.549. The molecule has 0 fully saturated rings. The molecule has 1 aromatic rings. The molecule has 0 atom stereocenters. The number of aromatic nitrogens is 2. The first-order valence-electron chi connectivity index (χ1n) is 2.21. The van der Waals surface area contributed by atoms with Crippen LogP contribution in [0.4, 0.5) is 0 Å². The van der Waals surface area contributed by atoms with Crippen LogP contribution in [-0.2, 0) is 0 Å². The monoisotopic (exact) mass is 146 g/mol. The maximum Gasteiger partial charge on any atom is 0.276 e. The van der Waals surface area contributed by atoms with Gasteiger partial charge in [-0.2, -0.15) is 0 Å². The van der Waals surface area contributed by atoms with Crippen LogP contribution in [0.3, 0.4) is 0 Å². The Kier molecular flexibility index (Phi) is 1.48. The molecular formula is C4H3ClN2O2. The zero-order chi connectivity index (χ0) is 6.85. The van der Waals surface area contributed by atoms with Crippen molar-refractivity contribution in [1.29, 1.82) is 0 Å². The van der Waals surface area contributed by atoms with Gasteiger partial charge in [-0.05, 0) is 23.7 Å². The average molecular weight is 147 g/mol. The van der Waals surface area contributed by atoms with Gasteiger partial charge in [0.1, 0.15) is 5.69 Å². The lowest BCUT2D eigenvalue weighted by molar-refractivity contribution is 0.107. The van der Waals surface area contributed by atoms with Crippen LogP contribution < -0.4 is 0 Å². The highest BCUT2D eigenvalue weighted by atomic mass is 35.5. The number of rotatable bonds is 1. The molecule has 0 aromatic carbocycles. The van der Waals surface area contributed by atoms with E-state index in [9.17, 15) is 4.79 Å². The highest BCUT2D eigenvalue weighted by Crippen LogP contribution is 2.02. The average Bonchev–Trinajstić information content (AvgIpc) is 2.13. The van der Waals surface area contributed by atoms with Gasteiger partial charge in [0.15, 0.2) is 5.69 Å². The predicted octanol–water partition coefficient (Wildman–Crippen LogP) is 0.757. The summed E-state index contributed by atoms with van der Waals surface area (Å²) in [5.41, 5.74) is 0.492. The van der Waals surface area contributed by atoms with Gasteiger partial charge in [0.2, 0.25) is 0 Å². The molecule has 0 spiro atoms. The largest absolute Gasteiger partial charge is 0.276 e. The molecule has 5 heteroatoms. The van der Waals surface area contributed by atoms with Crippen LogP contribution in [0.1, 0.15) is 16.2 Å². The second-order valence-corrected chi connectivity index (χ2v) is 1.82. The molecule has 0 amide bonds. The van der Waals surface area contributed by atoms with Crippen molar-refractivity contribution in [2.45, 2.75) is 6.92 Å². The van der Waals surface area contributed by atoms with Gasteiger partial charge in [0.25, 0.3) is 5.24 Å². The molecule has 48 valence electrons. The number of nitrogens with zero attached hydrogens (tertiary/aromatic N) is 2. The molecule has 0 aliphatic rings. The summed E-state index contributed by atoms with van der Waals surface area (Å²) in [4.78, 5) is 10.3. The van der Waals surface area contributed by atoms with Gasteiger partial charge in [0, 0.05) is 0 Å². The van der Waals surface area contributed by atoms with Crippen LogP contribution in [0.5, 0.6) is 0 Å². The number of carbonyl (C=O) groups is 1. The first-order valence-corrected chi connectivity index (χ1v) is 2.58. The van der Waals surface area contributed by atoms with Crippen LogP contribution in [0.25, 0.3) is 0 Å². The van der Waals surface area contributed by atoms with Gasteiger partial charge in [0.05, 0.1) is 0 Å². The lowest BCUT2D eigenvalue weighted by atomic mass is 10.4. The minimum Gasteiger partial charge on any atom is -0.274 e. The van der Waals surface area contributed by atoms with E-state index in [2.05, 4.69) is 14.9 Å². The molecule has 9 heavy (non-hydrogen) atoms. The Bertz CT molecular complexity index is 232. The summed E-state index contributed by atoms with van der Waals surface area (Å²) in [6.07, 6.45) is 0. The van der Waals surface area contributed by atoms with Crippen molar-refractivity contribution in [1.82, 2.24) is 10.3 Å². The number of hydrogen-bond acceptors (Lipinski definition) is 4. The van der Waals surface area contributed by atoms with E-state index in [1.165, 1.54) is 0 Å². The highest BCUT2D eigenvalue weighted by Gasteiger charge is 2.10. The second-order valence-electron chi connectivity index (χ2n) is 1.47. The number of carbonyl (C=O) groups excluding carboxylic acids is 1. The smallest absolute Gasteiger partial charge is 0.274 e. The molecule has 0 aliphatic heterocycles. The van der Waals surface area contributed by atoms with Crippen LogP contribution in [0, 0.1) is 6.92 Å². The summed E-state index contributed by atoms with van der Waals surface area (Å²) in [6, 6.07) is 0. The maximum absolute atomic E-state index is 10.3. The summed E-state index contributed by atoms with van der Waals surface area (Å²) in [5.74, 6) is 0. The molecule has 0 saturated heterocycles. The zero-order valence-corrected chi connectivity index (χ0v) is 5.34. The Hall–Kier alpha value is -0.900. The topological polar surface area (TPSA) is 56.0 Å². The number of aryl methyl sites for hydroxylation is 1. The molecule has 0 bridgehead atoms. The Labute approximate surface area is 55.8 Å². The first-order chi connectivity index (χ1) is 4.22. The molecule has 0 radical (unpaired) electrons. The van der Waals surface area contributed by atoms with Crippen molar-refractivity contribution in [2.75, 3.05) is 0 Å². The van der Waals surface area contributed by atoms with Crippen molar-refractivity contribution in [3.05, 3.63) is 11.4 Å². The van der Waals surface area contributed by atoms with Crippen molar-refractivity contribution in [3.63, 3.8) is 0 Å². The van der Waals surface area contributed by atoms with E-state index in [4.69, 9.17) is 11.6 Å². The van der Waals surface area contributed by atoms with E-state index in [-0.39, 0.29) is 5.69 Å². The van der Waals surface area contributed by atoms with Gasteiger partial charge in [-0.15, -0.1) is 0 Å². The first kappa shape index (κ1) is 6.22. The maximum atomic E-state index is 10.3. The Morgan fingerprint density at radius 1 is 1.67 bits per heavy atom. The van der Waals surface area contributed by atoms with Crippen molar-refractivity contribution < 1.29 is 9.42 Å². The van der Waals surface area contributed by atoms with E-state index in [1.807, 2.05) is 0 Å². The third-order valence-electron chi connectivity index (χ3n) is 0.839. The van der Waals surface area contributed by atoms with Crippen molar-refractivity contribution in [2.24, 2.45) is 0 Å². The fourth-order valence-electron chi connectivity index (χ4n) is 0.410. The molecule has 0 saturated carbocycles. The third kappa shape index (κ3) is 1.08. The molecule has 0 aliphatic carbocycles. The van der Waals surface area contributed by atoms with E-state index in [0.29, 0.717) is 5.69 Å². The molecule has 0 unspecified atom stereocenters. The fourth-order valence-corrected chi connectivity index (χ4v) is 0.581. The normalized spacial score (nSPS) is 9.56. The van der Waals surface area contributed by atoms with Gasteiger partial charge >= 0.3 is 0 Å². The van der Waals surface area contributed by atoms with Gasteiger partial charge in [-0.3, -0.25) is 4.79 Å². The molecular weight excluding hydrogens is 144 g/mol. The highest BCUT2D eigenvalue weighted by molar-refractivity contribution is 6.67. The zero-order valence-electron chi connectivity index (χ0n) is 4.59. The summed E-state index contributed by atoms with van der Waals surface area (Å²) in [6.45, 7) is 1.59. The number of halogens is 1. The van der Waals surface area contributed by atoms with Crippen LogP contribution in [0.2, 0.25) is 0 Å². The standard InChI is InChI=1S/C4H3ClN2O2/c1-2-3(4(5)8)7-9-6-2/h1H3. The van der Waals surface area contributed by atoms with Crippen LogP contribution in [-0.4, -0.2) is 15.6 Å². The van der Waals surface area contributed by atoms with E-state index in [1.54, 1.807) is 6.92 Å². The van der Waals surface area contributed by atoms with Crippen molar-refractivity contribution in [3.8, 4) is 0 Å². The summed E-state index contributed by atoms with van der Waals surface area (Å²) < 4.78 is 4.20. The molecule has 1 rings (SSSR count). The Morgan fingerprint density at radius 3 is 2.56 bits per heavy atom. The van der Waals surface area contributed by atoms with E-state index < -0.39 is 5.24 Å². The van der Waals surface area contributed by atoms with Gasteiger partial charge in [-0.25, -0.2) is 4.63 Å². The molecule has 0 N–H and O–H groups in total. The fraction of sp³-hybridized carbons (Fsp3) is 0.250. The molecule has 1 heterocycles. The molecule has 4 nitrogen and oxygen atoms in total. The van der Waals surface area contributed by atoms with Crippen LogP contribution >= 0.6 is 11.6 Å². The lowest BCUT2D eigenvalue weighted by Crippen LogP contribution is -1.90.